The van der Waals surface area contributed by atoms with Crippen LogP contribution in [0.1, 0.15) is 5.69 Å². The monoisotopic (exact) mass is 366 g/mol. The van der Waals surface area contributed by atoms with Gasteiger partial charge in [-0.3, -0.25) is 9.59 Å². The van der Waals surface area contributed by atoms with Crippen LogP contribution >= 0.6 is 11.8 Å². The maximum Gasteiger partial charge on any atom is 0.251 e. The lowest BCUT2D eigenvalue weighted by molar-refractivity contribution is -0.113. The molecule has 6 nitrogen and oxygen atoms in total. The van der Waals surface area contributed by atoms with Crippen LogP contribution < -0.4 is 16.2 Å². The van der Waals surface area contributed by atoms with Crippen LogP contribution in [-0.2, 0) is 4.79 Å². The molecule has 132 valence electrons. The summed E-state index contributed by atoms with van der Waals surface area (Å²) in [6.45, 7) is 1.74. The zero-order valence-corrected chi connectivity index (χ0v) is 15.0. The number of carbonyl (C=O) groups excluding carboxylic acids is 1. The average Bonchev–Trinajstić information content (AvgIpc) is 2.60. The van der Waals surface area contributed by atoms with Gasteiger partial charge in [0.1, 0.15) is 0 Å². The molecule has 3 rings (SSSR count). The minimum Gasteiger partial charge on any atom is -0.355 e. The number of aryl methyl sites for hydroxylation is 1. The van der Waals surface area contributed by atoms with Crippen molar-refractivity contribution in [2.45, 2.75) is 12.1 Å². The SMILES string of the molecule is Cc1cc(=O)[nH]c(SCC(=O)Nc2cccc(Nc3ccccc3)c2)n1. The number of hydrogen-bond acceptors (Lipinski definition) is 5. The third kappa shape index (κ3) is 5.22. The van der Waals surface area contributed by atoms with E-state index in [9.17, 15) is 9.59 Å². The van der Waals surface area contributed by atoms with Crippen LogP contribution in [0.3, 0.4) is 0 Å². The van der Waals surface area contributed by atoms with Crippen LogP contribution in [0.2, 0.25) is 0 Å². The highest BCUT2D eigenvalue weighted by Crippen LogP contribution is 2.20. The van der Waals surface area contributed by atoms with Crippen LogP contribution in [0.4, 0.5) is 17.1 Å². The number of thioether (sulfide) groups is 1. The second-order valence-electron chi connectivity index (χ2n) is 5.60. The van der Waals surface area contributed by atoms with Gasteiger partial charge in [-0.05, 0) is 37.3 Å². The first-order chi connectivity index (χ1) is 12.6. The number of amides is 1. The number of carbonyl (C=O) groups is 1. The largest absolute Gasteiger partial charge is 0.355 e. The molecular formula is C19H18N4O2S. The van der Waals surface area contributed by atoms with Crippen LogP contribution in [0.25, 0.3) is 0 Å². The van der Waals surface area contributed by atoms with Crippen LogP contribution in [0, 0.1) is 6.92 Å². The van der Waals surface area contributed by atoms with Gasteiger partial charge in [0.05, 0.1) is 5.75 Å². The second kappa shape index (κ2) is 8.35. The van der Waals surface area contributed by atoms with E-state index in [-0.39, 0.29) is 17.2 Å². The summed E-state index contributed by atoms with van der Waals surface area (Å²) >= 11 is 1.19. The van der Waals surface area contributed by atoms with Gasteiger partial charge < -0.3 is 15.6 Å². The van der Waals surface area contributed by atoms with Crippen molar-refractivity contribution >= 4 is 34.7 Å². The number of anilines is 3. The van der Waals surface area contributed by atoms with Gasteiger partial charge >= 0.3 is 0 Å². The van der Waals surface area contributed by atoms with Crippen LogP contribution in [-0.4, -0.2) is 21.6 Å². The average molecular weight is 366 g/mol. The number of H-pyrrole nitrogens is 1. The first-order valence-corrected chi connectivity index (χ1v) is 9.00. The fourth-order valence-corrected chi connectivity index (χ4v) is 3.04. The van der Waals surface area contributed by atoms with Gasteiger partial charge in [-0.2, -0.15) is 0 Å². The summed E-state index contributed by atoms with van der Waals surface area (Å²) in [4.78, 5) is 30.4. The van der Waals surface area contributed by atoms with E-state index >= 15 is 0 Å². The molecule has 0 saturated heterocycles. The Kier molecular flexibility index (Phi) is 5.70. The minimum absolute atomic E-state index is 0.155. The van der Waals surface area contributed by atoms with Gasteiger partial charge in [-0.15, -0.1) is 0 Å². The van der Waals surface area contributed by atoms with Crippen LogP contribution in [0.5, 0.6) is 0 Å². The molecule has 0 unspecified atom stereocenters. The zero-order chi connectivity index (χ0) is 18.4. The van der Waals surface area contributed by atoms with Crippen LogP contribution in [0.15, 0.2) is 70.6 Å². The molecule has 0 atom stereocenters. The molecule has 1 heterocycles. The fraction of sp³-hybridized carbons (Fsp3) is 0.105. The van der Waals surface area contributed by atoms with Crippen molar-refractivity contribution in [3.8, 4) is 0 Å². The van der Waals surface area contributed by atoms with Crippen molar-refractivity contribution in [3.63, 3.8) is 0 Å². The Labute approximate surface area is 155 Å². The molecule has 0 aliphatic carbocycles. The van der Waals surface area contributed by atoms with E-state index in [0.717, 1.165) is 11.4 Å². The smallest absolute Gasteiger partial charge is 0.251 e. The normalized spacial score (nSPS) is 10.3. The molecule has 1 aromatic heterocycles. The number of rotatable bonds is 6. The Morgan fingerprint density at radius 2 is 1.77 bits per heavy atom. The van der Waals surface area contributed by atoms with Crippen molar-refractivity contribution in [2.75, 3.05) is 16.4 Å². The number of aromatic amines is 1. The van der Waals surface area contributed by atoms with Gasteiger partial charge in [0.25, 0.3) is 5.56 Å². The third-order valence-corrected chi connectivity index (χ3v) is 4.27. The predicted molar refractivity (Wildman–Crippen MR) is 105 cm³/mol. The molecule has 0 radical (unpaired) electrons. The van der Waals surface area contributed by atoms with E-state index in [1.165, 1.54) is 17.8 Å². The first-order valence-electron chi connectivity index (χ1n) is 8.01. The van der Waals surface area contributed by atoms with Crippen molar-refractivity contribution < 1.29 is 4.79 Å². The summed E-state index contributed by atoms with van der Waals surface area (Å²) in [6.07, 6.45) is 0. The van der Waals surface area contributed by atoms with E-state index < -0.39 is 0 Å². The molecule has 3 aromatic rings. The maximum atomic E-state index is 12.2. The van der Waals surface area contributed by atoms with Crippen molar-refractivity contribution in [1.29, 1.82) is 0 Å². The number of nitrogens with zero attached hydrogens (tertiary/aromatic N) is 1. The molecular weight excluding hydrogens is 348 g/mol. The van der Waals surface area contributed by atoms with E-state index in [2.05, 4.69) is 20.6 Å². The lowest BCUT2D eigenvalue weighted by Gasteiger charge is -2.09. The van der Waals surface area contributed by atoms with Gasteiger partial charge in [0.2, 0.25) is 5.91 Å². The maximum absolute atomic E-state index is 12.2. The Balaban J connectivity index is 1.59. The minimum atomic E-state index is -0.222. The van der Waals surface area contributed by atoms with Crippen molar-refractivity contribution in [1.82, 2.24) is 9.97 Å². The highest BCUT2D eigenvalue weighted by Gasteiger charge is 2.06. The molecule has 0 bridgehead atoms. The molecule has 0 aliphatic rings. The molecule has 2 aromatic carbocycles. The third-order valence-electron chi connectivity index (χ3n) is 3.40. The van der Waals surface area contributed by atoms with E-state index in [0.29, 0.717) is 16.5 Å². The van der Waals surface area contributed by atoms with Gasteiger partial charge in [-0.25, -0.2) is 4.98 Å². The number of nitrogens with one attached hydrogen (secondary N) is 3. The lowest BCUT2D eigenvalue weighted by Crippen LogP contribution is -2.15. The van der Waals surface area contributed by atoms with E-state index in [1.54, 1.807) is 6.92 Å². The molecule has 1 amide bonds. The molecule has 0 saturated carbocycles. The summed E-state index contributed by atoms with van der Waals surface area (Å²) in [7, 11) is 0. The predicted octanol–water partition coefficient (Wildman–Crippen LogP) is 3.55. The summed E-state index contributed by atoms with van der Waals surface area (Å²) in [6, 6.07) is 18.7. The number of aromatic nitrogens is 2. The lowest BCUT2D eigenvalue weighted by atomic mass is 10.2. The Bertz CT molecular complexity index is 957. The molecule has 7 heteroatoms. The van der Waals surface area contributed by atoms with Gasteiger partial charge in [0.15, 0.2) is 5.16 Å². The van der Waals surface area contributed by atoms with Gasteiger partial charge in [0, 0.05) is 28.8 Å². The van der Waals surface area contributed by atoms with Gasteiger partial charge in [-0.1, -0.05) is 36.0 Å². The summed E-state index contributed by atoms with van der Waals surface area (Å²) < 4.78 is 0. The van der Waals surface area contributed by atoms with E-state index in [1.807, 2.05) is 54.6 Å². The Morgan fingerprint density at radius 1 is 1.04 bits per heavy atom. The standard InChI is InChI=1S/C19H18N4O2S/c1-13-10-17(24)23-19(20-13)26-12-18(25)22-16-9-5-8-15(11-16)21-14-6-3-2-4-7-14/h2-11,21H,12H2,1H3,(H,22,25)(H,20,23,24). The Hall–Kier alpha value is -3.06. The molecule has 26 heavy (non-hydrogen) atoms. The number of benzene rings is 2. The number of hydrogen-bond donors (Lipinski definition) is 3. The van der Waals surface area contributed by atoms with Crippen molar-refractivity contribution in [2.24, 2.45) is 0 Å². The summed E-state index contributed by atoms with van der Waals surface area (Å²) in [5, 5.41) is 6.56. The van der Waals surface area contributed by atoms with E-state index in [4.69, 9.17) is 0 Å². The Morgan fingerprint density at radius 3 is 2.54 bits per heavy atom. The summed E-state index contributed by atoms with van der Waals surface area (Å²) in [5.41, 5.74) is 2.95. The second-order valence-corrected chi connectivity index (χ2v) is 6.56. The fourth-order valence-electron chi connectivity index (χ4n) is 2.31. The zero-order valence-electron chi connectivity index (χ0n) is 14.2. The molecule has 0 fully saturated rings. The topological polar surface area (TPSA) is 86.9 Å². The molecule has 0 aliphatic heterocycles. The number of para-hydroxylation sites is 1. The van der Waals surface area contributed by atoms with Crippen molar-refractivity contribution in [3.05, 3.63) is 76.7 Å². The quantitative estimate of drug-likeness (QED) is 0.459. The first kappa shape index (κ1) is 17.8. The summed E-state index contributed by atoms with van der Waals surface area (Å²) in [5.74, 6) is -0.0149. The molecule has 0 spiro atoms. The highest BCUT2D eigenvalue weighted by molar-refractivity contribution is 7.99. The molecule has 3 N–H and O–H groups in total. The highest BCUT2D eigenvalue weighted by atomic mass is 32.2.